The molecule has 0 aliphatic heterocycles. The zero-order valence-corrected chi connectivity index (χ0v) is 16.6. The quantitative estimate of drug-likeness (QED) is 0.299. The number of rotatable bonds is 7. The maximum absolute atomic E-state index is 13.9. The molecule has 0 radical (unpaired) electrons. The van der Waals surface area contributed by atoms with Crippen molar-refractivity contribution in [2.24, 2.45) is 0 Å². The van der Waals surface area contributed by atoms with E-state index in [1.165, 1.54) is 5.56 Å². The SMILES string of the molecule is O=P([Se]CC/C=C/c1ccccc1)(c1ccccc1)c1ccccc1. The Bertz CT molecular complexity index is 801. The van der Waals surface area contributed by atoms with Gasteiger partial charge in [0.05, 0.1) is 0 Å². The summed E-state index contributed by atoms with van der Waals surface area (Å²) in [7, 11) is 0. The zero-order valence-electron chi connectivity index (χ0n) is 14.0. The average Bonchev–Trinajstić information content (AvgIpc) is 2.70. The molecule has 25 heavy (non-hydrogen) atoms. The molecule has 0 bridgehead atoms. The molecular formula is C22H21OPSe. The molecule has 0 saturated heterocycles. The molecule has 0 unspecified atom stereocenters. The standard InChI is InChI=1S/C22H21OPSe/c23-24(21-15-6-2-7-16-21,22-17-8-3-9-18-22)25-19-11-10-14-20-12-4-1-5-13-20/h1-10,12-18H,11,19H2/b14-10+. The van der Waals surface area contributed by atoms with Crippen molar-refractivity contribution in [3.63, 3.8) is 0 Å². The van der Waals surface area contributed by atoms with Gasteiger partial charge in [-0.15, -0.1) is 0 Å². The molecule has 0 aromatic heterocycles. The van der Waals surface area contributed by atoms with E-state index in [-0.39, 0.29) is 14.5 Å². The van der Waals surface area contributed by atoms with E-state index in [9.17, 15) is 4.57 Å². The zero-order chi connectivity index (χ0) is 17.4. The van der Waals surface area contributed by atoms with Gasteiger partial charge in [0.25, 0.3) is 0 Å². The molecule has 3 rings (SSSR count). The van der Waals surface area contributed by atoms with Gasteiger partial charge < -0.3 is 0 Å². The Morgan fingerprint density at radius 3 is 1.72 bits per heavy atom. The van der Waals surface area contributed by atoms with Gasteiger partial charge >= 0.3 is 156 Å². The van der Waals surface area contributed by atoms with Gasteiger partial charge in [0.1, 0.15) is 0 Å². The van der Waals surface area contributed by atoms with Crippen LogP contribution in [-0.2, 0) is 4.57 Å². The molecule has 1 nitrogen and oxygen atoms in total. The fourth-order valence-electron chi connectivity index (χ4n) is 2.58. The summed E-state index contributed by atoms with van der Waals surface area (Å²) in [5, 5.41) is 2.93. The second kappa shape index (κ2) is 9.02. The molecule has 0 N–H and O–H groups in total. The predicted octanol–water partition coefficient (Wildman–Crippen LogP) is 5.14. The number of benzene rings is 3. The third kappa shape index (κ3) is 4.83. The van der Waals surface area contributed by atoms with Crippen molar-refractivity contribution in [2.75, 3.05) is 0 Å². The Morgan fingerprint density at radius 2 is 1.20 bits per heavy atom. The van der Waals surface area contributed by atoms with Crippen molar-refractivity contribution in [1.82, 2.24) is 0 Å². The molecule has 3 heteroatoms. The predicted molar refractivity (Wildman–Crippen MR) is 110 cm³/mol. The molecule has 0 aliphatic rings. The van der Waals surface area contributed by atoms with E-state index < -0.39 is 5.83 Å². The molecule has 0 fully saturated rings. The third-order valence-corrected chi connectivity index (χ3v) is 12.9. The first-order chi connectivity index (χ1) is 12.3. The van der Waals surface area contributed by atoms with Crippen molar-refractivity contribution in [2.45, 2.75) is 11.7 Å². The van der Waals surface area contributed by atoms with Crippen LogP contribution in [0, 0.1) is 0 Å². The van der Waals surface area contributed by atoms with Crippen LogP contribution >= 0.6 is 5.83 Å². The summed E-state index contributed by atoms with van der Waals surface area (Å²) in [6.45, 7) is 0. The Kier molecular flexibility index (Phi) is 6.48. The molecule has 0 amide bonds. The maximum atomic E-state index is 13.9. The minimum absolute atomic E-state index is 0.0384. The second-order valence-corrected chi connectivity index (χ2v) is 13.8. The van der Waals surface area contributed by atoms with Gasteiger partial charge in [0.15, 0.2) is 0 Å². The monoisotopic (exact) mass is 412 g/mol. The normalized spacial score (nSPS) is 11.7. The summed E-state index contributed by atoms with van der Waals surface area (Å²) in [6.07, 6.45) is 5.29. The number of hydrogen-bond donors (Lipinski definition) is 0. The first-order valence-electron chi connectivity index (χ1n) is 8.36. The van der Waals surface area contributed by atoms with Crippen molar-refractivity contribution >= 4 is 37.0 Å². The van der Waals surface area contributed by atoms with Crippen molar-refractivity contribution in [3.8, 4) is 0 Å². The Hall–Kier alpha value is -1.85. The first kappa shape index (κ1) is 18.0. The van der Waals surface area contributed by atoms with Gasteiger partial charge in [0, 0.05) is 0 Å². The van der Waals surface area contributed by atoms with E-state index in [0.717, 1.165) is 22.3 Å². The van der Waals surface area contributed by atoms with Gasteiger partial charge in [-0.3, -0.25) is 0 Å². The van der Waals surface area contributed by atoms with Crippen LogP contribution in [0.25, 0.3) is 6.08 Å². The summed E-state index contributed by atoms with van der Waals surface area (Å²) in [5.74, 6) is -2.51. The summed E-state index contributed by atoms with van der Waals surface area (Å²) in [4.78, 5) is 0. The first-order valence-corrected chi connectivity index (χ1v) is 13.5. The molecule has 126 valence electrons. The summed E-state index contributed by atoms with van der Waals surface area (Å²) in [6, 6.07) is 30.2. The molecular weight excluding hydrogens is 390 g/mol. The van der Waals surface area contributed by atoms with Gasteiger partial charge in [-0.2, -0.15) is 0 Å². The number of hydrogen-bond acceptors (Lipinski definition) is 1. The van der Waals surface area contributed by atoms with E-state index in [4.69, 9.17) is 0 Å². The van der Waals surface area contributed by atoms with Gasteiger partial charge in [-0.25, -0.2) is 0 Å². The molecule has 0 spiro atoms. The van der Waals surface area contributed by atoms with Crippen LogP contribution in [0.3, 0.4) is 0 Å². The van der Waals surface area contributed by atoms with Gasteiger partial charge in [-0.1, -0.05) is 0 Å². The van der Waals surface area contributed by atoms with Crippen LogP contribution in [0.5, 0.6) is 0 Å². The molecule has 0 saturated carbocycles. The van der Waals surface area contributed by atoms with Crippen LogP contribution in [0.15, 0.2) is 97.1 Å². The summed E-state index contributed by atoms with van der Waals surface area (Å²) < 4.78 is 13.9. The van der Waals surface area contributed by atoms with Crippen molar-refractivity contribution in [1.29, 1.82) is 0 Å². The Morgan fingerprint density at radius 1 is 0.720 bits per heavy atom. The molecule has 0 atom stereocenters. The Balaban J connectivity index is 1.71. The fraction of sp³-hybridized carbons (Fsp3) is 0.0909. The number of allylic oxidation sites excluding steroid dienone is 1. The second-order valence-electron chi connectivity index (χ2n) is 5.66. The van der Waals surface area contributed by atoms with E-state index in [0.29, 0.717) is 0 Å². The molecule has 3 aromatic rings. The topological polar surface area (TPSA) is 17.1 Å². The minimum atomic E-state index is -2.51. The van der Waals surface area contributed by atoms with Crippen molar-refractivity contribution in [3.05, 3.63) is 103 Å². The van der Waals surface area contributed by atoms with E-state index in [1.54, 1.807) is 0 Å². The Labute approximate surface area is 155 Å². The molecule has 3 aromatic carbocycles. The van der Waals surface area contributed by atoms with Gasteiger partial charge in [0.2, 0.25) is 0 Å². The van der Waals surface area contributed by atoms with Gasteiger partial charge in [-0.05, 0) is 0 Å². The van der Waals surface area contributed by atoms with E-state index in [1.807, 2.05) is 78.9 Å². The molecule has 0 aliphatic carbocycles. The van der Waals surface area contributed by atoms with Crippen LogP contribution in [-0.4, -0.2) is 14.5 Å². The molecule has 0 heterocycles. The van der Waals surface area contributed by atoms with Crippen LogP contribution in [0.1, 0.15) is 12.0 Å². The van der Waals surface area contributed by atoms with E-state index in [2.05, 4.69) is 24.3 Å². The van der Waals surface area contributed by atoms with Crippen LogP contribution in [0.2, 0.25) is 5.32 Å². The fourth-order valence-corrected chi connectivity index (χ4v) is 10.6. The summed E-state index contributed by atoms with van der Waals surface area (Å²) in [5.41, 5.74) is 1.21. The summed E-state index contributed by atoms with van der Waals surface area (Å²) >= 11 is 0.0384. The van der Waals surface area contributed by atoms with Crippen LogP contribution < -0.4 is 10.6 Å². The van der Waals surface area contributed by atoms with Crippen molar-refractivity contribution < 1.29 is 4.57 Å². The average molecular weight is 411 g/mol. The van der Waals surface area contributed by atoms with E-state index >= 15 is 0 Å². The third-order valence-electron chi connectivity index (χ3n) is 3.86. The van der Waals surface area contributed by atoms with Crippen LogP contribution in [0.4, 0.5) is 0 Å².